The van der Waals surface area contributed by atoms with Crippen LogP contribution in [0.2, 0.25) is 5.31 Å². The third-order valence-corrected chi connectivity index (χ3v) is 4.58. The van der Waals surface area contributed by atoms with Crippen LogP contribution in [0.5, 0.6) is 0 Å². The van der Waals surface area contributed by atoms with Crippen LogP contribution in [0.15, 0.2) is 0 Å². The second kappa shape index (κ2) is 6.98. The van der Waals surface area contributed by atoms with Gasteiger partial charge < -0.3 is 4.74 Å². The van der Waals surface area contributed by atoms with Crippen molar-refractivity contribution in [3.05, 3.63) is 0 Å². The topological polar surface area (TPSA) is 9.23 Å². The van der Waals surface area contributed by atoms with Gasteiger partial charge in [0.05, 0.1) is 6.10 Å². The Bertz CT molecular complexity index is 237. The summed E-state index contributed by atoms with van der Waals surface area (Å²) >= 11 is 0. The van der Waals surface area contributed by atoms with Crippen molar-refractivity contribution >= 4 is 7.85 Å². The monoisotopic (exact) mass is 252 g/mol. The van der Waals surface area contributed by atoms with Crippen LogP contribution in [0.4, 0.5) is 0 Å². The van der Waals surface area contributed by atoms with E-state index in [2.05, 4.69) is 42.5 Å². The van der Waals surface area contributed by atoms with Crippen molar-refractivity contribution in [2.45, 2.75) is 78.1 Å². The summed E-state index contributed by atoms with van der Waals surface area (Å²) in [7, 11) is 2.34. The van der Waals surface area contributed by atoms with E-state index in [1.807, 2.05) is 0 Å². The molecule has 4 atom stereocenters. The lowest BCUT2D eigenvalue weighted by molar-refractivity contribution is -0.0476. The van der Waals surface area contributed by atoms with Crippen molar-refractivity contribution in [3.8, 4) is 0 Å². The van der Waals surface area contributed by atoms with Gasteiger partial charge in [0.1, 0.15) is 7.85 Å². The third-order valence-electron chi connectivity index (χ3n) is 4.58. The second-order valence-electron chi connectivity index (χ2n) is 7.59. The van der Waals surface area contributed by atoms with Crippen molar-refractivity contribution in [1.82, 2.24) is 0 Å². The summed E-state index contributed by atoms with van der Waals surface area (Å²) in [6, 6.07) is 0. The van der Waals surface area contributed by atoms with Gasteiger partial charge in [-0.2, -0.15) is 0 Å². The number of ether oxygens (including phenoxy) is 1. The molecule has 0 N–H and O–H groups in total. The molecule has 18 heavy (non-hydrogen) atoms. The molecule has 1 saturated carbocycles. The van der Waals surface area contributed by atoms with Crippen LogP contribution in [0.25, 0.3) is 0 Å². The number of hydrogen-bond donors (Lipinski definition) is 0. The van der Waals surface area contributed by atoms with Crippen LogP contribution < -0.4 is 0 Å². The van der Waals surface area contributed by atoms with Gasteiger partial charge in [-0.05, 0) is 35.9 Å². The van der Waals surface area contributed by atoms with E-state index < -0.39 is 0 Å². The zero-order chi connectivity index (χ0) is 13.8. The first-order valence-corrected chi connectivity index (χ1v) is 7.97. The van der Waals surface area contributed by atoms with Gasteiger partial charge in [0, 0.05) is 6.61 Å². The summed E-state index contributed by atoms with van der Waals surface area (Å²) in [6.45, 7) is 12.6. The van der Waals surface area contributed by atoms with E-state index in [9.17, 15) is 0 Å². The molecule has 0 spiro atoms. The maximum Gasteiger partial charge on any atom is 0.112 e. The first-order chi connectivity index (χ1) is 8.35. The molecule has 0 aromatic carbocycles. The van der Waals surface area contributed by atoms with Gasteiger partial charge in [0.2, 0.25) is 0 Å². The Balaban J connectivity index is 2.50. The summed E-state index contributed by atoms with van der Waals surface area (Å²) in [4.78, 5) is 0. The lowest BCUT2D eigenvalue weighted by atomic mass is 9.68. The molecule has 0 saturated heterocycles. The maximum absolute atomic E-state index is 6.34. The van der Waals surface area contributed by atoms with E-state index in [0.717, 1.165) is 24.4 Å². The Morgan fingerprint density at radius 1 is 1.33 bits per heavy atom. The molecule has 0 radical (unpaired) electrons. The molecule has 1 nitrogen and oxygen atoms in total. The van der Waals surface area contributed by atoms with E-state index >= 15 is 0 Å². The molecule has 4 unspecified atom stereocenters. The molecule has 0 heterocycles. The minimum atomic E-state index is 0.344. The lowest BCUT2D eigenvalue weighted by Gasteiger charge is -2.39. The van der Waals surface area contributed by atoms with Gasteiger partial charge in [-0.3, -0.25) is 0 Å². The molecule has 0 aromatic heterocycles. The SMILES string of the molecule is BC(C)(CCC)COC1CC(C)CCC1C(C)C. The highest BCUT2D eigenvalue weighted by Crippen LogP contribution is 2.37. The Hall–Kier alpha value is 0.0249. The predicted molar refractivity (Wildman–Crippen MR) is 82.9 cm³/mol. The van der Waals surface area contributed by atoms with E-state index in [4.69, 9.17) is 4.74 Å². The standard InChI is InChI=1S/C16H33BO/c1-6-9-16(5,17)11-18-15-10-13(4)7-8-14(15)12(2)3/h12-15H,6-11,17H2,1-5H3. The predicted octanol–water partition coefficient (Wildman–Crippen LogP) is 4.08. The zero-order valence-corrected chi connectivity index (χ0v) is 13.5. The van der Waals surface area contributed by atoms with E-state index in [0.29, 0.717) is 11.4 Å². The normalized spacial score (nSPS) is 32.4. The Labute approximate surface area is 115 Å². The quantitative estimate of drug-likeness (QED) is 0.647. The molecule has 1 rings (SSSR count). The highest BCUT2D eigenvalue weighted by atomic mass is 16.5. The van der Waals surface area contributed by atoms with E-state index in [1.165, 1.54) is 32.1 Å². The number of hydrogen-bond acceptors (Lipinski definition) is 1. The number of rotatable bonds is 6. The van der Waals surface area contributed by atoms with Crippen LogP contribution in [-0.4, -0.2) is 20.6 Å². The fourth-order valence-corrected chi connectivity index (χ4v) is 3.39. The molecule has 0 amide bonds. The molecular weight excluding hydrogens is 219 g/mol. The molecule has 1 fully saturated rings. The average Bonchev–Trinajstić information content (AvgIpc) is 2.26. The Kier molecular flexibility index (Phi) is 6.24. The summed E-state index contributed by atoms with van der Waals surface area (Å²) < 4.78 is 6.34. The van der Waals surface area contributed by atoms with Crippen molar-refractivity contribution in [1.29, 1.82) is 0 Å². The van der Waals surface area contributed by atoms with Crippen molar-refractivity contribution in [3.63, 3.8) is 0 Å². The van der Waals surface area contributed by atoms with Gasteiger partial charge in [0.15, 0.2) is 0 Å². The molecule has 1 aliphatic carbocycles. The van der Waals surface area contributed by atoms with Gasteiger partial charge >= 0.3 is 0 Å². The van der Waals surface area contributed by atoms with Gasteiger partial charge in [-0.25, -0.2) is 0 Å². The van der Waals surface area contributed by atoms with Crippen LogP contribution in [0, 0.1) is 17.8 Å². The lowest BCUT2D eigenvalue weighted by Crippen LogP contribution is -2.36. The summed E-state index contributed by atoms with van der Waals surface area (Å²) in [5.41, 5.74) is 0. The van der Waals surface area contributed by atoms with E-state index in [1.54, 1.807) is 0 Å². The molecular formula is C16H33BO. The van der Waals surface area contributed by atoms with Gasteiger partial charge in [-0.1, -0.05) is 53.9 Å². The minimum absolute atomic E-state index is 0.344. The van der Waals surface area contributed by atoms with Crippen molar-refractivity contribution in [2.24, 2.45) is 17.8 Å². The zero-order valence-electron chi connectivity index (χ0n) is 13.5. The summed E-state index contributed by atoms with van der Waals surface area (Å²) in [5.74, 6) is 2.38. The molecule has 1 aliphatic rings. The van der Waals surface area contributed by atoms with Crippen molar-refractivity contribution < 1.29 is 4.74 Å². The fraction of sp³-hybridized carbons (Fsp3) is 1.00. The van der Waals surface area contributed by atoms with E-state index in [-0.39, 0.29) is 0 Å². The maximum atomic E-state index is 6.34. The third kappa shape index (κ3) is 4.95. The summed E-state index contributed by atoms with van der Waals surface area (Å²) in [5, 5.41) is 0.344. The fourth-order valence-electron chi connectivity index (χ4n) is 3.39. The molecule has 0 bridgehead atoms. The van der Waals surface area contributed by atoms with Gasteiger partial charge in [-0.15, -0.1) is 0 Å². The smallest absolute Gasteiger partial charge is 0.112 e. The first-order valence-electron chi connectivity index (χ1n) is 7.97. The van der Waals surface area contributed by atoms with Gasteiger partial charge in [0.25, 0.3) is 0 Å². The summed E-state index contributed by atoms with van der Waals surface area (Å²) in [6.07, 6.45) is 7.04. The van der Waals surface area contributed by atoms with Crippen molar-refractivity contribution in [2.75, 3.05) is 6.61 Å². The Morgan fingerprint density at radius 2 is 2.00 bits per heavy atom. The van der Waals surface area contributed by atoms with Crippen LogP contribution >= 0.6 is 0 Å². The Morgan fingerprint density at radius 3 is 2.56 bits per heavy atom. The van der Waals surface area contributed by atoms with Crippen LogP contribution in [0.1, 0.15) is 66.7 Å². The second-order valence-corrected chi connectivity index (χ2v) is 7.59. The van der Waals surface area contributed by atoms with Crippen LogP contribution in [-0.2, 0) is 4.74 Å². The highest BCUT2D eigenvalue weighted by Gasteiger charge is 2.32. The first kappa shape index (κ1) is 16.1. The molecule has 0 aliphatic heterocycles. The highest BCUT2D eigenvalue weighted by molar-refractivity contribution is 6.15. The van der Waals surface area contributed by atoms with Crippen LogP contribution in [0.3, 0.4) is 0 Å². The largest absolute Gasteiger partial charge is 0.378 e. The molecule has 106 valence electrons. The average molecular weight is 252 g/mol. The molecule has 2 heteroatoms. The minimum Gasteiger partial charge on any atom is -0.378 e. The molecule has 0 aromatic rings.